The van der Waals surface area contributed by atoms with Crippen LogP contribution >= 0.6 is 11.3 Å². The molecule has 2 heteroatoms. The Kier molecular flexibility index (Phi) is 6.01. The Morgan fingerprint density at radius 1 is 1.10 bits per heavy atom. The standard InChI is InChI=1S/C19H27NS/c1-4-14-20-18(13-12-17-11-8-15-21-17)19(2,3)16-9-6-5-7-10-16/h5-11,15,18,20H,4,12-14H2,1-3H3. The van der Waals surface area contributed by atoms with Gasteiger partial charge in [0.25, 0.3) is 0 Å². The molecule has 0 bridgehead atoms. The molecule has 1 aromatic carbocycles. The van der Waals surface area contributed by atoms with E-state index in [9.17, 15) is 0 Å². The van der Waals surface area contributed by atoms with Crippen LogP contribution in [0.2, 0.25) is 0 Å². The second kappa shape index (κ2) is 7.77. The first-order valence-corrected chi connectivity index (χ1v) is 8.84. The lowest BCUT2D eigenvalue weighted by atomic mass is 9.76. The summed E-state index contributed by atoms with van der Waals surface area (Å²) in [5.74, 6) is 0. The number of thiophene rings is 1. The van der Waals surface area contributed by atoms with Crippen molar-refractivity contribution in [3.63, 3.8) is 0 Å². The normalized spacial score (nSPS) is 13.3. The molecule has 0 radical (unpaired) electrons. The maximum Gasteiger partial charge on any atom is 0.0162 e. The van der Waals surface area contributed by atoms with E-state index in [4.69, 9.17) is 0 Å². The monoisotopic (exact) mass is 301 g/mol. The molecule has 0 spiro atoms. The molecule has 1 unspecified atom stereocenters. The van der Waals surface area contributed by atoms with Gasteiger partial charge in [-0.15, -0.1) is 11.3 Å². The molecule has 1 aromatic heterocycles. The summed E-state index contributed by atoms with van der Waals surface area (Å²) in [6.45, 7) is 8.05. The van der Waals surface area contributed by atoms with Crippen molar-refractivity contribution < 1.29 is 0 Å². The average molecular weight is 301 g/mol. The summed E-state index contributed by atoms with van der Waals surface area (Å²) in [4.78, 5) is 1.49. The van der Waals surface area contributed by atoms with Crippen LogP contribution in [0.25, 0.3) is 0 Å². The molecule has 0 aliphatic heterocycles. The first kappa shape index (κ1) is 16.3. The molecule has 1 N–H and O–H groups in total. The van der Waals surface area contributed by atoms with E-state index in [2.05, 4.69) is 73.9 Å². The van der Waals surface area contributed by atoms with Gasteiger partial charge in [0, 0.05) is 16.3 Å². The van der Waals surface area contributed by atoms with Crippen LogP contribution in [0.1, 0.15) is 44.1 Å². The molecule has 1 nitrogen and oxygen atoms in total. The lowest BCUT2D eigenvalue weighted by Gasteiger charge is -2.36. The van der Waals surface area contributed by atoms with Crippen LogP contribution in [0.5, 0.6) is 0 Å². The predicted molar refractivity (Wildman–Crippen MR) is 94.2 cm³/mol. The summed E-state index contributed by atoms with van der Waals surface area (Å²) in [7, 11) is 0. The topological polar surface area (TPSA) is 12.0 Å². The first-order valence-electron chi connectivity index (χ1n) is 7.96. The molecule has 1 heterocycles. The third-order valence-corrected chi connectivity index (χ3v) is 5.23. The third kappa shape index (κ3) is 4.42. The van der Waals surface area contributed by atoms with E-state index < -0.39 is 0 Å². The molecule has 2 rings (SSSR count). The highest BCUT2D eigenvalue weighted by molar-refractivity contribution is 7.09. The SMILES string of the molecule is CCCNC(CCc1cccs1)C(C)(C)c1ccccc1. The quantitative estimate of drug-likeness (QED) is 0.721. The molecule has 0 fully saturated rings. The number of hydrogen-bond acceptors (Lipinski definition) is 2. The second-order valence-corrected chi connectivity index (χ2v) is 7.24. The van der Waals surface area contributed by atoms with E-state index in [0.29, 0.717) is 6.04 Å². The highest BCUT2D eigenvalue weighted by atomic mass is 32.1. The fraction of sp³-hybridized carbons (Fsp3) is 0.474. The van der Waals surface area contributed by atoms with Gasteiger partial charge >= 0.3 is 0 Å². The van der Waals surface area contributed by atoms with E-state index in [1.54, 1.807) is 0 Å². The minimum atomic E-state index is 0.147. The van der Waals surface area contributed by atoms with Gasteiger partial charge in [-0.05, 0) is 42.8 Å². The zero-order chi connectivity index (χ0) is 15.1. The summed E-state index contributed by atoms with van der Waals surface area (Å²) < 4.78 is 0. The van der Waals surface area contributed by atoms with Crippen LogP contribution in [0.3, 0.4) is 0 Å². The van der Waals surface area contributed by atoms with E-state index in [-0.39, 0.29) is 5.41 Å². The zero-order valence-electron chi connectivity index (χ0n) is 13.4. The molecule has 0 aliphatic carbocycles. The number of aryl methyl sites for hydroxylation is 1. The van der Waals surface area contributed by atoms with E-state index in [0.717, 1.165) is 13.0 Å². The number of hydrogen-bond donors (Lipinski definition) is 1. The van der Waals surface area contributed by atoms with E-state index >= 15 is 0 Å². The van der Waals surface area contributed by atoms with Crippen LogP contribution in [0.15, 0.2) is 47.8 Å². The van der Waals surface area contributed by atoms with Crippen molar-refractivity contribution in [1.29, 1.82) is 0 Å². The largest absolute Gasteiger partial charge is 0.313 e. The Labute approximate surface area is 133 Å². The third-order valence-electron chi connectivity index (χ3n) is 4.29. The Bertz CT molecular complexity index is 502. The van der Waals surface area contributed by atoms with Crippen molar-refractivity contribution in [3.8, 4) is 0 Å². The average Bonchev–Trinajstić information content (AvgIpc) is 3.01. The molecule has 0 saturated carbocycles. The van der Waals surface area contributed by atoms with Gasteiger partial charge in [-0.1, -0.05) is 57.2 Å². The Hall–Kier alpha value is -1.12. The van der Waals surface area contributed by atoms with Gasteiger partial charge in [-0.3, -0.25) is 0 Å². The molecule has 0 aliphatic rings. The Morgan fingerprint density at radius 3 is 2.48 bits per heavy atom. The fourth-order valence-corrected chi connectivity index (χ4v) is 3.57. The lowest BCUT2D eigenvalue weighted by Crippen LogP contribution is -2.45. The fourth-order valence-electron chi connectivity index (χ4n) is 2.85. The maximum atomic E-state index is 3.78. The molecule has 21 heavy (non-hydrogen) atoms. The van der Waals surface area contributed by atoms with Crippen molar-refractivity contribution in [2.75, 3.05) is 6.54 Å². The minimum Gasteiger partial charge on any atom is -0.313 e. The van der Waals surface area contributed by atoms with Crippen molar-refractivity contribution in [2.24, 2.45) is 0 Å². The summed E-state index contributed by atoms with van der Waals surface area (Å²) in [5.41, 5.74) is 1.57. The van der Waals surface area contributed by atoms with Crippen LogP contribution in [-0.2, 0) is 11.8 Å². The van der Waals surface area contributed by atoms with Crippen molar-refractivity contribution in [3.05, 3.63) is 58.3 Å². The van der Waals surface area contributed by atoms with Crippen molar-refractivity contribution in [1.82, 2.24) is 5.32 Å². The molecule has 114 valence electrons. The first-order chi connectivity index (χ1) is 10.1. The van der Waals surface area contributed by atoms with E-state index in [1.165, 1.54) is 23.3 Å². The van der Waals surface area contributed by atoms with Gasteiger partial charge in [0.05, 0.1) is 0 Å². The highest BCUT2D eigenvalue weighted by Crippen LogP contribution is 2.30. The molecule has 2 aromatic rings. The Balaban J connectivity index is 2.10. The highest BCUT2D eigenvalue weighted by Gasteiger charge is 2.30. The summed E-state index contributed by atoms with van der Waals surface area (Å²) in [6, 6.07) is 15.8. The summed E-state index contributed by atoms with van der Waals surface area (Å²) in [6.07, 6.45) is 3.53. The second-order valence-electron chi connectivity index (χ2n) is 6.21. The molecule has 1 atom stereocenters. The summed E-state index contributed by atoms with van der Waals surface area (Å²) in [5, 5.41) is 5.95. The van der Waals surface area contributed by atoms with Gasteiger partial charge in [-0.25, -0.2) is 0 Å². The zero-order valence-corrected chi connectivity index (χ0v) is 14.2. The van der Waals surface area contributed by atoms with Crippen molar-refractivity contribution >= 4 is 11.3 Å². The molecule has 0 amide bonds. The van der Waals surface area contributed by atoms with Gasteiger partial charge < -0.3 is 5.32 Å². The lowest BCUT2D eigenvalue weighted by molar-refractivity contribution is 0.323. The maximum absolute atomic E-state index is 3.78. The molecular formula is C19H27NS. The van der Waals surface area contributed by atoms with Crippen LogP contribution in [0.4, 0.5) is 0 Å². The Morgan fingerprint density at radius 2 is 1.86 bits per heavy atom. The van der Waals surface area contributed by atoms with E-state index in [1.807, 2.05) is 11.3 Å². The van der Waals surface area contributed by atoms with Gasteiger partial charge in [-0.2, -0.15) is 0 Å². The predicted octanol–water partition coefficient (Wildman–Crippen LogP) is 5.03. The van der Waals surface area contributed by atoms with Crippen LogP contribution in [0, 0.1) is 0 Å². The van der Waals surface area contributed by atoms with Crippen molar-refractivity contribution in [2.45, 2.75) is 51.5 Å². The van der Waals surface area contributed by atoms with Gasteiger partial charge in [0.2, 0.25) is 0 Å². The number of benzene rings is 1. The number of nitrogens with one attached hydrogen (secondary N) is 1. The van der Waals surface area contributed by atoms with Crippen LogP contribution < -0.4 is 5.32 Å². The van der Waals surface area contributed by atoms with Gasteiger partial charge in [0.15, 0.2) is 0 Å². The minimum absolute atomic E-state index is 0.147. The van der Waals surface area contributed by atoms with Crippen LogP contribution in [-0.4, -0.2) is 12.6 Å². The summed E-state index contributed by atoms with van der Waals surface area (Å²) >= 11 is 1.87. The smallest absolute Gasteiger partial charge is 0.0162 e. The molecule has 0 saturated heterocycles. The molecular weight excluding hydrogens is 274 g/mol. The van der Waals surface area contributed by atoms with Gasteiger partial charge in [0.1, 0.15) is 0 Å². The number of rotatable bonds is 8.